The van der Waals surface area contributed by atoms with Gasteiger partial charge in [-0.05, 0) is 19.3 Å². The lowest BCUT2D eigenvalue weighted by molar-refractivity contribution is -0.123. The summed E-state index contributed by atoms with van der Waals surface area (Å²) >= 11 is 0. The van der Waals surface area contributed by atoms with Crippen LogP contribution < -0.4 is 11.1 Å². The third-order valence-electron chi connectivity index (χ3n) is 2.75. The molecule has 1 aromatic rings. The smallest absolute Gasteiger partial charge is 0.242 e. The highest BCUT2D eigenvalue weighted by Crippen LogP contribution is 2.09. The summed E-state index contributed by atoms with van der Waals surface area (Å²) in [7, 11) is 0. The average Bonchev–Trinajstić information content (AvgIpc) is 2.75. The maximum absolute atomic E-state index is 11.9. The Morgan fingerprint density at radius 3 is 2.82 bits per heavy atom. The van der Waals surface area contributed by atoms with Gasteiger partial charge in [0.2, 0.25) is 5.91 Å². The Morgan fingerprint density at radius 1 is 1.53 bits per heavy atom. The number of nitrogens with zero attached hydrogens (tertiary/aromatic N) is 2. The minimum absolute atomic E-state index is 0.0124. The van der Waals surface area contributed by atoms with E-state index in [0.717, 1.165) is 12.2 Å². The number of amides is 1. The molecule has 0 saturated heterocycles. The van der Waals surface area contributed by atoms with E-state index in [0.29, 0.717) is 19.0 Å². The molecule has 5 nitrogen and oxygen atoms in total. The molecule has 5 heteroatoms. The topological polar surface area (TPSA) is 72.9 Å². The van der Waals surface area contributed by atoms with Crippen molar-refractivity contribution in [2.75, 3.05) is 6.54 Å². The summed E-state index contributed by atoms with van der Waals surface area (Å²) in [5, 5.41) is 2.92. The fourth-order valence-corrected chi connectivity index (χ4v) is 1.61. The van der Waals surface area contributed by atoms with Crippen LogP contribution in [-0.2, 0) is 11.3 Å². The molecular formula is C12H22N4O. The maximum atomic E-state index is 11.9. The van der Waals surface area contributed by atoms with E-state index in [-0.39, 0.29) is 11.9 Å². The van der Waals surface area contributed by atoms with E-state index >= 15 is 0 Å². The van der Waals surface area contributed by atoms with Gasteiger partial charge in [-0.25, -0.2) is 4.98 Å². The van der Waals surface area contributed by atoms with E-state index in [2.05, 4.69) is 24.1 Å². The summed E-state index contributed by atoms with van der Waals surface area (Å²) in [5.74, 6) is 1.34. The normalized spacial score (nSPS) is 12.8. The molecule has 0 aliphatic heterocycles. The van der Waals surface area contributed by atoms with Crippen LogP contribution in [0.5, 0.6) is 0 Å². The van der Waals surface area contributed by atoms with Gasteiger partial charge >= 0.3 is 0 Å². The van der Waals surface area contributed by atoms with E-state index in [1.54, 1.807) is 12.4 Å². The molecule has 0 aromatic carbocycles. The Morgan fingerprint density at radius 2 is 2.24 bits per heavy atom. The number of rotatable bonds is 6. The Labute approximate surface area is 102 Å². The molecule has 96 valence electrons. The van der Waals surface area contributed by atoms with Gasteiger partial charge in [-0.3, -0.25) is 4.79 Å². The first-order valence-electron chi connectivity index (χ1n) is 6.05. The molecule has 0 radical (unpaired) electrons. The summed E-state index contributed by atoms with van der Waals surface area (Å²) in [5.41, 5.74) is 5.56. The highest BCUT2D eigenvalue weighted by molar-refractivity contribution is 5.79. The number of carbonyl (C=O) groups excluding carboxylic acids is 1. The maximum Gasteiger partial charge on any atom is 0.242 e. The molecule has 0 fully saturated rings. The van der Waals surface area contributed by atoms with Crippen LogP contribution in [-0.4, -0.2) is 22.0 Å². The highest BCUT2D eigenvalue weighted by Gasteiger charge is 2.16. The van der Waals surface area contributed by atoms with Crippen LogP contribution in [0.4, 0.5) is 0 Å². The number of carbonyl (C=O) groups is 1. The summed E-state index contributed by atoms with van der Waals surface area (Å²) < 4.78 is 1.81. The summed E-state index contributed by atoms with van der Waals surface area (Å²) in [4.78, 5) is 16.0. The van der Waals surface area contributed by atoms with Crippen molar-refractivity contribution in [3.05, 3.63) is 18.2 Å². The van der Waals surface area contributed by atoms with Gasteiger partial charge in [-0.2, -0.15) is 0 Å². The Kier molecular flexibility index (Phi) is 5.15. The monoisotopic (exact) mass is 238 g/mol. The Hall–Kier alpha value is -1.36. The molecule has 1 amide bonds. The van der Waals surface area contributed by atoms with E-state index in [1.807, 2.05) is 11.5 Å². The predicted octanol–water partition coefficient (Wildman–Crippen LogP) is 1.07. The second-order valence-corrected chi connectivity index (χ2v) is 4.60. The number of hydrogen-bond donors (Lipinski definition) is 2. The van der Waals surface area contributed by atoms with Crippen LogP contribution in [0, 0.1) is 5.92 Å². The van der Waals surface area contributed by atoms with Gasteiger partial charge in [0.25, 0.3) is 0 Å². The fraction of sp³-hybridized carbons (Fsp3) is 0.667. The van der Waals surface area contributed by atoms with Gasteiger partial charge in [-0.1, -0.05) is 13.8 Å². The van der Waals surface area contributed by atoms with Gasteiger partial charge in [0.1, 0.15) is 11.9 Å². The van der Waals surface area contributed by atoms with Crippen molar-refractivity contribution in [2.45, 2.75) is 39.8 Å². The molecular weight excluding hydrogens is 216 g/mol. The Bertz CT molecular complexity index is 359. The second-order valence-electron chi connectivity index (χ2n) is 4.60. The average molecular weight is 238 g/mol. The lowest BCUT2D eigenvalue weighted by Gasteiger charge is -2.16. The Balaban J connectivity index is 2.52. The second kappa shape index (κ2) is 6.39. The fourth-order valence-electron chi connectivity index (χ4n) is 1.61. The zero-order valence-electron chi connectivity index (χ0n) is 10.8. The molecule has 3 N–H and O–H groups in total. The third kappa shape index (κ3) is 3.85. The molecule has 1 aromatic heterocycles. The summed E-state index contributed by atoms with van der Waals surface area (Å²) in [6.07, 6.45) is 4.45. The number of nitrogens with one attached hydrogen (secondary N) is 1. The number of hydrogen-bond acceptors (Lipinski definition) is 3. The molecule has 1 rings (SSSR count). The van der Waals surface area contributed by atoms with Gasteiger partial charge in [0, 0.05) is 18.9 Å². The molecule has 17 heavy (non-hydrogen) atoms. The van der Waals surface area contributed by atoms with Crippen LogP contribution in [0.15, 0.2) is 12.4 Å². The van der Waals surface area contributed by atoms with Gasteiger partial charge in [-0.15, -0.1) is 0 Å². The first-order valence-corrected chi connectivity index (χ1v) is 6.05. The quantitative estimate of drug-likeness (QED) is 0.778. The van der Waals surface area contributed by atoms with Gasteiger partial charge < -0.3 is 15.6 Å². The molecule has 1 unspecified atom stereocenters. The lowest BCUT2D eigenvalue weighted by Crippen LogP contribution is -2.32. The first kappa shape index (κ1) is 13.7. The van der Waals surface area contributed by atoms with E-state index in [1.165, 1.54) is 0 Å². The molecule has 0 saturated carbocycles. The first-order chi connectivity index (χ1) is 8.06. The van der Waals surface area contributed by atoms with Crippen LogP contribution in [0.1, 0.15) is 39.1 Å². The van der Waals surface area contributed by atoms with Crippen molar-refractivity contribution in [2.24, 2.45) is 11.7 Å². The lowest BCUT2D eigenvalue weighted by atomic mass is 10.1. The van der Waals surface area contributed by atoms with Crippen LogP contribution >= 0.6 is 0 Å². The van der Waals surface area contributed by atoms with Crippen molar-refractivity contribution >= 4 is 5.91 Å². The largest absolute Gasteiger partial charge is 0.354 e. The molecule has 1 heterocycles. The molecule has 1 atom stereocenters. The van der Waals surface area contributed by atoms with Crippen molar-refractivity contribution in [3.8, 4) is 0 Å². The third-order valence-corrected chi connectivity index (χ3v) is 2.75. The van der Waals surface area contributed by atoms with E-state index in [9.17, 15) is 4.79 Å². The van der Waals surface area contributed by atoms with Gasteiger partial charge in [0.05, 0.1) is 6.54 Å². The van der Waals surface area contributed by atoms with Crippen molar-refractivity contribution in [1.82, 2.24) is 14.9 Å². The zero-order valence-corrected chi connectivity index (χ0v) is 10.8. The molecule has 0 aliphatic rings. The number of imidazole rings is 1. The highest BCUT2D eigenvalue weighted by atomic mass is 16.2. The van der Waals surface area contributed by atoms with E-state index < -0.39 is 0 Å². The van der Waals surface area contributed by atoms with E-state index in [4.69, 9.17) is 5.73 Å². The molecule has 0 bridgehead atoms. The van der Waals surface area contributed by atoms with Crippen molar-refractivity contribution in [1.29, 1.82) is 0 Å². The molecule has 0 aliphatic carbocycles. The van der Waals surface area contributed by atoms with Crippen molar-refractivity contribution < 1.29 is 4.79 Å². The van der Waals surface area contributed by atoms with Gasteiger partial charge in [0.15, 0.2) is 0 Å². The van der Waals surface area contributed by atoms with Crippen molar-refractivity contribution in [3.63, 3.8) is 0 Å². The van der Waals surface area contributed by atoms with Crippen LogP contribution in [0.3, 0.4) is 0 Å². The predicted molar refractivity (Wildman–Crippen MR) is 67.3 cm³/mol. The standard InChI is InChI=1S/C12H22N4O/c1-9(2)4-5-15-12(17)10(3)16-7-6-14-11(16)8-13/h6-7,9-10H,4-5,8,13H2,1-3H3,(H,15,17). The number of aromatic nitrogens is 2. The summed E-state index contributed by atoms with van der Waals surface area (Å²) in [6.45, 7) is 7.19. The van der Waals surface area contributed by atoms with Crippen LogP contribution in [0.25, 0.3) is 0 Å². The SMILES string of the molecule is CC(C)CCNC(=O)C(C)n1ccnc1CN. The minimum Gasteiger partial charge on any atom is -0.354 e. The minimum atomic E-state index is -0.261. The van der Waals surface area contributed by atoms with Crippen LogP contribution in [0.2, 0.25) is 0 Å². The zero-order chi connectivity index (χ0) is 12.8. The number of nitrogens with two attached hydrogens (primary N) is 1. The molecule has 0 spiro atoms. The summed E-state index contributed by atoms with van der Waals surface area (Å²) in [6, 6.07) is -0.261.